The van der Waals surface area contributed by atoms with E-state index in [1.165, 1.54) is 4.90 Å². The second-order valence-electron chi connectivity index (χ2n) is 7.32. The van der Waals surface area contributed by atoms with Crippen LogP contribution in [-0.4, -0.2) is 51.9 Å². The van der Waals surface area contributed by atoms with Crippen LogP contribution in [-0.2, 0) is 4.79 Å². The minimum Gasteiger partial charge on any atom is -0.312 e. The van der Waals surface area contributed by atoms with E-state index in [1.54, 1.807) is 18.0 Å². The van der Waals surface area contributed by atoms with Crippen molar-refractivity contribution in [3.8, 4) is 0 Å². The molecular weight excluding hydrogens is 254 g/mol. The summed E-state index contributed by atoms with van der Waals surface area (Å²) in [5.74, 6) is -0.0902. The highest BCUT2D eigenvalue weighted by Gasteiger charge is 2.61. The van der Waals surface area contributed by atoms with Gasteiger partial charge in [0.15, 0.2) is 0 Å². The molecule has 2 rings (SSSR count). The van der Waals surface area contributed by atoms with Crippen molar-refractivity contribution in [3.63, 3.8) is 0 Å². The normalized spacial score (nSPS) is 27.2. The molecule has 0 aromatic carbocycles. The first kappa shape index (κ1) is 15.0. The molecule has 0 bridgehead atoms. The maximum absolute atomic E-state index is 12.9. The van der Waals surface area contributed by atoms with Crippen molar-refractivity contribution in [1.82, 2.24) is 15.1 Å². The Morgan fingerprint density at radius 1 is 1.20 bits per heavy atom. The van der Waals surface area contributed by atoms with Crippen LogP contribution in [0.1, 0.15) is 40.5 Å². The molecule has 2 aliphatic rings. The van der Waals surface area contributed by atoms with E-state index in [0.717, 1.165) is 0 Å². The number of likely N-dealkylation sites (N-methyl/N-ethyl adjacent to an activating group) is 1. The number of carbonyl (C=O) groups excluding carboxylic acids is 2. The first-order valence-corrected chi connectivity index (χ1v) is 7.05. The lowest BCUT2D eigenvalue weighted by atomic mass is 9.70. The van der Waals surface area contributed by atoms with Crippen LogP contribution in [0, 0.1) is 0 Å². The summed E-state index contributed by atoms with van der Waals surface area (Å²) in [4.78, 5) is 28.2. The molecule has 0 saturated carbocycles. The molecule has 5 nitrogen and oxygen atoms in total. The Balaban J connectivity index is 2.45. The van der Waals surface area contributed by atoms with Gasteiger partial charge in [0.05, 0.1) is 0 Å². The van der Waals surface area contributed by atoms with Crippen LogP contribution in [0.2, 0.25) is 0 Å². The minimum absolute atomic E-state index is 0.0902. The topological polar surface area (TPSA) is 52.7 Å². The van der Waals surface area contributed by atoms with Crippen molar-refractivity contribution in [1.29, 1.82) is 0 Å². The maximum Gasteiger partial charge on any atom is 0.327 e. The van der Waals surface area contributed by atoms with Gasteiger partial charge >= 0.3 is 6.03 Å². The number of hydrogen-bond donors (Lipinski definition) is 1. The third-order valence-corrected chi connectivity index (χ3v) is 4.26. The SMILES string of the molecule is C=CCN1C(=O)N(C)C2(CC(C)(C)NC(C)(C)C2)C1=O. The van der Waals surface area contributed by atoms with Gasteiger partial charge in [0.1, 0.15) is 5.54 Å². The summed E-state index contributed by atoms with van der Waals surface area (Å²) >= 11 is 0. The van der Waals surface area contributed by atoms with Gasteiger partial charge in [-0.3, -0.25) is 9.69 Å². The van der Waals surface area contributed by atoms with Gasteiger partial charge in [-0.15, -0.1) is 6.58 Å². The smallest absolute Gasteiger partial charge is 0.312 e. The first-order valence-electron chi connectivity index (χ1n) is 7.05. The summed E-state index contributed by atoms with van der Waals surface area (Å²) < 4.78 is 0. The standard InChI is InChI=1S/C15H25N3O2/c1-7-8-18-11(19)15(17(6)12(18)20)9-13(2,3)16-14(4,5)10-15/h7,16H,1,8-10H2,2-6H3. The van der Waals surface area contributed by atoms with Gasteiger partial charge in [0, 0.05) is 24.7 Å². The lowest BCUT2D eigenvalue weighted by Gasteiger charge is -2.52. The highest BCUT2D eigenvalue weighted by Crippen LogP contribution is 2.43. The zero-order valence-electron chi connectivity index (χ0n) is 13.1. The van der Waals surface area contributed by atoms with Crippen molar-refractivity contribution < 1.29 is 9.59 Å². The molecule has 2 fully saturated rings. The Morgan fingerprint density at radius 2 is 1.70 bits per heavy atom. The molecule has 0 aliphatic carbocycles. The summed E-state index contributed by atoms with van der Waals surface area (Å²) in [6, 6.07) is -0.219. The van der Waals surface area contributed by atoms with Crippen LogP contribution in [0.4, 0.5) is 4.79 Å². The van der Waals surface area contributed by atoms with Gasteiger partial charge in [-0.05, 0) is 40.5 Å². The zero-order chi connectivity index (χ0) is 15.3. The summed E-state index contributed by atoms with van der Waals surface area (Å²) in [7, 11) is 1.74. The lowest BCUT2D eigenvalue weighted by Crippen LogP contribution is -2.68. The number of hydrogen-bond acceptors (Lipinski definition) is 3. The second-order valence-corrected chi connectivity index (χ2v) is 7.32. The van der Waals surface area contributed by atoms with Crippen LogP contribution in [0.3, 0.4) is 0 Å². The van der Waals surface area contributed by atoms with Crippen LogP contribution >= 0.6 is 0 Å². The predicted octanol–water partition coefficient (Wildman–Crippen LogP) is 1.75. The molecule has 112 valence electrons. The number of carbonyl (C=O) groups is 2. The molecule has 2 heterocycles. The van der Waals surface area contributed by atoms with Crippen molar-refractivity contribution >= 4 is 11.9 Å². The fourth-order valence-corrected chi connectivity index (χ4v) is 4.05. The van der Waals surface area contributed by atoms with E-state index in [2.05, 4.69) is 39.6 Å². The number of nitrogens with zero attached hydrogens (tertiary/aromatic N) is 2. The molecule has 0 radical (unpaired) electrons. The average molecular weight is 279 g/mol. The van der Waals surface area contributed by atoms with Gasteiger partial charge in [-0.25, -0.2) is 4.79 Å². The molecule has 0 aromatic rings. The number of urea groups is 1. The number of nitrogens with one attached hydrogen (secondary N) is 1. The van der Waals surface area contributed by atoms with E-state index in [4.69, 9.17) is 0 Å². The van der Waals surface area contributed by atoms with E-state index in [9.17, 15) is 9.59 Å². The molecule has 0 atom stereocenters. The molecule has 1 N–H and O–H groups in total. The summed E-state index contributed by atoms with van der Waals surface area (Å²) in [6.07, 6.45) is 2.84. The van der Waals surface area contributed by atoms with Crippen molar-refractivity contribution in [2.75, 3.05) is 13.6 Å². The Kier molecular flexibility index (Phi) is 3.25. The van der Waals surface area contributed by atoms with E-state index >= 15 is 0 Å². The van der Waals surface area contributed by atoms with Crippen molar-refractivity contribution in [3.05, 3.63) is 12.7 Å². The highest BCUT2D eigenvalue weighted by molar-refractivity contribution is 6.07. The molecule has 2 saturated heterocycles. The number of rotatable bonds is 2. The largest absolute Gasteiger partial charge is 0.327 e. The molecule has 1 spiro atoms. The van der Waals surface area contributed by atoms with Crippen LogP contribution in [0.5, 0.6) is 0 Å². The summed E-state index contributed by atoms with van der Waals surface area (Å²) in [5, 5.41) is 3.56. The van der Waals surface area contributed by atoms with E-state index in [0.29, 0.717) is 12.8 Å². The van der Waals surface area contributed by atoms with Gasteiger partial charge in [0.25, 0.3) is 5.91 Å². The van der Waals surface area contributed by atoms with Crippen molar-refractivity contribution in [2.24, 2.45) is 0 Å². The maximum atomic E-state index is 12.9. The van der Waals surface area contributed by atoms with Crippen molar-refractivity contribution in [2.45, 2.75) is 57.2 Å². The van der Waals surface area contributed by atoms with E-state index in [-0.39, 0.29) is 29.6 Å². The fourth-order valence-electron chi connectivity index (χ4n) is 4.05. The number of piperidine rings is 1. The molecule has 0 aromatic heterocycles. The van der Waals surface area contributed by atoms with Gasteiger partial charge in [0.2, 0.25) is 0 Å². The Hall–Kier alpha value is -1.36. The lowest BCUT2D eigenvalue weighted by molar-refractivity contribution is -0.137. The molecule has 0 unspecified atom stereocenters. The Bertz CT molecular complexity index is 452. The molecule has 2 aliphatic heterocycles. The fraction of sp³-hybridized carbons (Fsp3) is 0.733. The molecule has 5 heteroatoms. The average Bonchev–Trinajstić information content (AvgIpc) is 2.41. The van der Waals surface area contributed by atoms with Crippen LogP contribution < -0.4 is 5.32 Å². The number of imide groups is 1. The van der Waals surface area contributed by atoms with Gasteiger partial charge in [-0.2, -0.15) is 0 Å². The third kappa shape index (κ3) is 2.14. The molecular formula is C15H25N3O2. The van der Waals surface area contributed by atoms with Crippen LogP contribution in [0.25, 0.3) is 0 Å². The number of amides is 3. The quantitative estimate of drug-likeness (QED) is 0.619. The van der Waals surface area contributed by atoms with Gasteiger partial charge < -0.3 is 10.2 Å². The molecule has 3 amide bonds. The Morgan fingerprint density at radius 3 is 2.15 bits per heavy atom. The zero-order valence-corrected chi connectivity index (χ0v) is 13.1. The van der Waals surface area contributed by atoms with E-state index in [1.807, 2.05) is 0 Å². The summed E-state index contributed by atoms with van der Waals surface area (Å²) in [6.45, 7) is 12.2. The second kappa shape index (κ2) is 4.32. The highest BCUT2D eigenvalue weighted by atomic mass is 16.2. The summed E-state index contributed by atoms with van der Waals surface area (Å²) in [5.41, 5.74) is -1.13. The van der Waals surface area contributed by atoms with Gasteiger partial charge in [-0.1, -0.05) is 6.08 Å². The predicted molar refractivity (Wildman–Crippen MR) is 78.3 cm³/mol. The van der Waals surface area contributed by atoms with Crippen LogP contribution in [0.15, 0.2) is 12.7 Å². The first-order chi connectivity index (χ1) is 9.05. The third-order valence-electron chi connectivity index (χ3n) is 4.26. The minimum atomic E-state index is -0.738. The Labute approximate surface area is 121 Å². The van der Waals surface area contributed by atoms with E-state index < -0.39 is 5.54 Å². The monoisotopic (exact) mass is 279 g/mol. The molecule has 20 heavy (non-hydrogen) atoms.